The highest BCUT2D eigenvalue weighted by Gasteiger charge is 2.18. The number of anilines is 2. The molecule has 36 heavy (non-hydrogen) atoms. The standard InChI is InChI=1S/C24H35N5O6S/c1-15-7-8-18(21(31)29-22-27-16(2)17(3)36-22)20(26-15)28-19(30)9-11-33-13-14-34-12-10-25-23(32)35-24(4,5)6/h7-8H,9-14H2,1-6H3,(H,25,32)(H,26,28,30)(H,27,29,31). The van der Waals surface area contributed by atoms with Crippen LogP contribution in [0.3, 0.4) is 0 Å². The molecule has 0 fully saturated rings. The van der Waals surface area contributed by atoms with Gasteiger partial charge in [0.2, 0.25) is 5.91 Å². The molecule has 0 aliphatic rings. The van der Waals surface area contributed by atoms with E-state index in [0.29, 0.717) is 37.2 Å². The molecule has 0 unspecified atom stereocenters. The van der Waals surface area contributed by atoms with E-state index in [0.717, 1.165) is 10.6 Å². The topological polar surface area (TPSA) is 141 Å². The van der Waals surface area contributed by atoms with Crippen molar-refractivity contribution in [2.45, 2.75) is 53.6 Å². The third-order valence-corrected chi connectivity index (χ3v) is 5.53. The first kappa shape index (κ1) is 29.1. The number of thiazole rings is 1. The molecule has 0 radical (unpaired) electrons. The fraction of sp³-hybridized carbons (Fsp3) is 0.542. The maximum Gasteiger partial charge on any atom is 0.407 e. The highest BCUT2D eigenvalue weighted by atomic mass is 32.1. The SMILES string of the molecule is Cc1ccc(C(=O)Nc2nc(C)c(C)s2)c(NC(=O)CCOCCOCCNC(=O)OC(C)(C)C)n1. The van der Waals surface area contributed by atoms with Crippen LogP contribution >= 0.6 is 11.3 Å². The molecule has 0 aliphatic carbocycles. The van der Waals surface area contributed by atoms with Crippen molar-refractivity contribution >= 4 is 40.2 Å². The van der Waals surface area contributed by atoms with Gasteiger partial charge in [-0.3, -0.25) is 14.9 Å². The summed E-state index contributed by atoms with van der Waals surface area (Å²) in [5.41, 5.74) is 1.22. The van der Waals surface area contributed by atoms with Crippen molar-refractivity contribution in [3.8, 4) is 0 Å². The molecule has 0 atom stereocenters. The summed E-state index contributed by atoms with van der Waals surface area (Å²) in [6, 6.07) is 3.32. The van der Waals surface area contributed by atoms with E-state index in [-0.39, 0.29) is 30.3 Å². The molecule has 198 valence electrons. The van der Waals surface area contributed by atoms with Crippen LogP contribution in [0.25, 0.3) is 0 Å². The molecule has 0 aliphatic heterocycles. The Morgan fingerprint density at radius 3 is 2.28 bits per heavy atom. The van der Waals surface area contributed by atoms with Crippen molar-refractivity contribution < 1.29 is 28.6 Å². The number of carbonyl (C=O) groups is 3. The summed E-state index contributed by atoms with van der Waals surface area (Å²) in [6.45, 7) is 12.4. The lowest BCUT2D eigenvalue weighted by molar-refractivity contribution is -0.117. The predicted molar refractivity (Wildman–Crippen MR) is 138 cm³/mol. The molecule has 11 nitrogen and oxygen atoms in total. The number of carbonyl (C=O) groups excluding carboxylic acids is 3. The van der Waals surface area contributed by atoms with Crippen LogP contribution < -0.4 is 16.0 Å². The van der Waals surface area contributed by atoms with Gasteiger partial charge in [0, 0.05) is 17.1 Å². The van der Waals surface area contributed by atoms with Crippen LogP contribution in [0.15, 0.2) is 12.1 Å². The Balaban J connectivity index is 1.69. The van der Waals surface area contributed by atoms with Crippen LogP contribution in [0, 0.1) is 20.8 Å². The predicted octanol–water partition coefficient (Wildman–Crippen LogP) is 3.60. The summed E-state index contributed by atoms with van der Waals surface area (Å²) >= 11 is 1.38. The molecule has 3 amide bonds. The first-order chi connectivity index (χ1) is 16.9. The third kappa shape index (κ3) is 10.7. The zero-order valence-electron chi connectivity index (χ0n) is 21.6. The van der Waals surface area contributed by atoms with Crippen LogP contribution in [-0.4, -0.2) is 66.4 Å². The Morgan fingerprint density at radius 2 is 1.64 bits per heavy atom. The Bertz CT molecular complexity index is 1030. The minimum Gasteiger partial charge on any atom is -0.444 e. The zero-order valence-corrected chi connectivity index (χ0v) is 22.5. The fourth-order valence-corrected chi connectivity index (χ4v) is 3.56. The number of hydrogen-bond donors (Lipinski definition) is 3. The van der Waals surface area contributed by atoms with Crippen molar-refractivity contribution in [1.29, 1.82) is 0 Å². The maximum atomic E-state index is 12.7. The van der Waals surface area contributed by atoms with Crippen molar-refractivity contribution in [3.63, 3.8) is 0 Å². The highest BCUT2D eigenvalue weighted by molar-refractivity contribution is 7.15. The zero-order chi connectivity index (χ0) is 26.7. The first-order valence-electron chi connectivity index (χ1n) is 11.6. The number of alkyl carbamates (subject to hydrolysis) is 1. The molecule has 0 aromatic carbocycles. The van der Waals surface area contributed by atoms with Gasteiger partial charge in [0.25, 0.3) is 5.91 Å². The van der Waals surface area contributed by atoms with E-state index >= 15 is 0 Å². The van der Waals surface area contributed by atoms with E-state index in [1.54, 1.807) is 39.8 Å². The smallest absolute Gasteiger partial charge is 0.407 e. The Hall–Kier alpha value is -3.09. The van der Waals surface area contributed by atoms with Crippen LogP contribution in [-0.2, 0) is 19.0 Å². The highest BCUT2D eigenvalue weighted by Crippen LogP contribution is 2.23. The lowest BCUT2D eigenvalue weighted by Crippen LogP contribution is -2.34. The van der Waals surface area contributed by atoms with Gasteiger partial charge in [-0.25, -0.2) is 14.8 Å². The van der Waals surface area contributed by atoms with Crippen LogP contribution in [0.1, 0.15) is 53.8 Å². The van der Waals surface area contributed by atoms with Crippen molar-refractivity contribution in [3.05, 3.63) is 34.0 Å². The molecular formula is C24H35N5O6S. The summed E-state index contributed by atoms with van der Waals surface area (Å²) < 4.78 is 15.9. The lowest BCUT2D eigenvalue weighted by atomic mass is 10.2. The van der Waals surface area contributed by atoms with E-state index in [9.17, 15) is 14.4 Å². The third-order valence-electron chi connectivity index (χ3n) is 4.55. The molecule has 3 N–H and O–H groups in total. The molecular weight excluding hydrogens is 486 g/mol. The number of nitrogens with one attached hydrogen (secondary N) is 3. The number of amides is 3. The van der Waals surface area contributed by atoms with Gasteiger partial charge in [-0.15, -0.1) is 11.3 Å². The first-order valence-corrected chi connectivity index (χ1v) is 12.4. The van der Waals surface area contributed by atoms with Gasteiger partial charge in [0.15, 0.2) is 5.13 Å². The molecule has 0 spiro atoms. The minimum atomic E-state index is -0.547. The van der Waals surface area contributed by atoms with Gasteiger partial charge in [0.05, 0.1) is 44.1 Å². The minimum absolute atomic E-state index is 0.0851. The lowest BCUT2D eigenvalue weighted by Gasteiger charge is -2.19. The molecule has 2 rings (SSSR count). The molecule has 0 saturated heterocycles. The van der Waals surface area contributed by atoms with Crippen molar-refractivity contribution in [2.24, 2.45) is 0 Å². The van der Waals surface area contributed by atoms with Crippen LogP contribution in [0.5, 0.6) is 0 Å². The fourth-order valence-electron chi connectivity index (χ4n) is 2.75. The summed E-state index contributed by atoms with van der Waals surface area (Å²) in [5, 5.41) is 8.53. The van der Waals surface area contributed by atoms with E-state index in [2.05, 4.69) is 25.9 Å². The molecule has 0 saturated carbocycles. The van der Waals surface area contributed by atoms with E-state index in [1.165, 1.54) is 11.3 Å². The van der Waals surface area contributed by atoms with Crippen molar-refractivity contribution in [2.75, 3.05) is 43.6 Å². The van der Waals surface area contributed by atoms with Gasteiger partial charge in [-0.2, -0.15) is 0 Å². The number of ether oxygens (including phenoxy) is 3. The number of rotatable bonds is 12. The number of pyridine rings is 1. The number of aromatic nitrogens is 2. The molecule has 2 heterocycles. The summed E-state index contributed by atoms with van der Waals surface area (Å²) in [4.78, 5) is 46.3. The average molecular weight is 522 g/mol. The van der Waals surface area contributed by atoms with Crippen LogP contribution in [0.4, 0.5) is 15.7 Å². The normalized spacial score (nSPS) is 11.2. The number of hydrogen-bond acceptors (Lipinski definition) is 9. The molecule has 0 bridgehead atoms. The van der Waals surface area contributed by atoms with Gasteiger partial charge in [-0.1, -0.05) is 0 Å². The van der Waals surface area contributed by atoms with E-state index < -0.39 is 17.6 Å². The van der Waals surface area contributed by atoms with Gasteiger partial charge < -0.3 is 24.8 Å². The number of nitrogens with zero attached hydrogens (tertiary/aromatic N) is 2. The summed E-state index contributed by atoms with van der Waals surface area (Å²) in [6.07, 6.45) is -0.410. The van der Waals surface area contributed by atoms with Crippen LogP contribution in [0.2, 0.25) is 0 Å². The van der Waals surface area contributed by atoms with E-state index in [1.807, 2.05) is 13.8 Å². The largest absolute Gasteiger partial charge is 0.444 e. The summed E-state index contributed by atoms with van der Waals surface area (Å²) in [7, 11) is 0. The van der Waals surface area contributed by atoms with Gasteiger partial charge in [-0.05, 0) is 53.7 Å². The summed E-state index contributed by atoms with van der Waals surface area (Å²) in [5.74, 6) is -0.546. The molecule has 12 heteroatoms. The number of aryl methyl sites for hydroxylation is 3. The molecule has 2 aromatic heterocycles. The average Bonchev–Trinajstić information content (AvgIpc) is 3.07. The Morgan fingerprint density at radius 1 is 0.944 bits per heavy atom. The second-order valence-corrected chi connectivity index (χ2v) is 10.1. The Labute approximate surface area is 215 Å². The second-order valence-electron chi connectivity index (χ2n) is 8.92. The van der Waals surface area contributed by atoms with Gasteiger partial charge in [0.1, 0.15) is 11.4 Å². The quantitative estimate of drug-likeness (QED) is 0.360. The monoisotopic (exact) mass is 521 g/mol. The van der Waals surface area contributed by atoms with E-state index in [4.69, 9.17) is 14.2 Å². The second kappa shape index (κ2) is 13.9. The Kier molecular flexibility index (Phi) is 11.2. The van der Waals surface area contributed by atoms with Crippen molar-refractivity contribution in [1.82, 2.24) is 15.3 Å². The maximum absolute atomic E-state index is 12.7. The van der Waals surface area contributed by atoms with Gasteiger partial charge >= 0.3 is 6.09 Å². The molecule has 2 aromatic rings.